The molecule has 2 N–H and O–H groups in total. The van der Waals surface area contributed by atoms with Crippen molar-refractivity contribution < 1.29 is 24.3 Å². The summed E-state index contributed by atoms with van der Waals surface area (Å²) in [5.74, 6) is -1.33. The highest BCUT2D eigenvalue weighted by molar-refractivity contribution is 6.22. The van der Waals surface area contributed by atoms with Gasteiger partial charge in [-0.15, -0.1) is 0 Å². The van der Waals surface area contributed by atoms with Crippen LogP contribution in [0.2, 0.25) is 0 Å². The quantitative estimate of drug-likeness (QED) is 0.718. The number of aromatic hydroxyl groups is 1. The number of para-hydroxylation sites is 1. The molecule has 166 valence electrons. The Morgan fingerprint density at radius 1 is 1.00 bits per heavy atom. The summed E-state index contributed by atoms with van der Waals surface area (Å²) in [7, 11) is 0. The molecule has 32 heavy (non-hydrogen) atoms. The molecule has 0 bridgehead atoms. The van der Waals surface area contributed by atoms with E-state index in [2.05, 4.69) is 5.32 Å². The third kappa shape index (κ3) is 3.84. The van der Waals surface area contributed by atoms with E-state index >= 15 is 0 Å². The maximum Gasteiger partial charge on any atom is 0.261 e. The lowest BCUT2D eigenvalue weighted by molar-refractivity contribution is 0.0607. The van der Waals surface area contributed by atoms with Crippen molar-refractivity contribution in [3.8, 4) is 5.75 Å². The van der Waals surface area contributed by atoms with Gasteiger partial charge in [0.25, 0.3) is 23.6 Å². The van der Waals surface area contributed by atoms with Crippen LogP contribution in [0.25, 0.3) is 0 Å². The van der Waals surface area contributed by atoms with Gasteiger partial charge < -0.3 is 15.3 Å². The largest absolute Gasteiger partial charge is 0.507 e. The van der Waals surface area contributed by atoms with Gasteiger partial charge in [0.15, 0.2) is 0 Å². The van der Waals surface area contributed by atoms with Crippen molar-refractivity contribution in [2.24, 2.45) is 0 Å². The Labute approximate surface area is 185 Å². The molecule has 0 unspecified atom stereocenters. The maximum absolute atomic E-state index is 13.0. The molecule has 2 aliphatic rings. The van der Waals surface area contributed by atoms with E-state index in [0.29, 0.717) is 37.1 Å². The van der Waals surface area contributed by atoms with Crippen molar-refractivity contribution in [3.05, 3.63) is 64.7 Å². The number of piperidine rings is 1. The Morgan fingerprint density at radius 2 is 1.66 bits per heavy atom. The zero-order valence-corrected chi connectivity index (χ0v) is 18.0. The second-order valence-electron chi connectivity index (χ2n) is 8.39. The van der Waals surface area contributed by atoms with Crippen LogP contribution in [0.15, 0.2) is 42.5 Å². The van der Waals surface area contributed by atoms with Crippen LogP contribution in [0.1, 0.15) is 68.1 Å². The smallest absolute Gasteiger partial charge is 0.261 e. The van der Waals surface area contributed by atoms with Gasteiger partial charge in [0.1, 0.15) is 5.75 Å². The first-order valence-corrected chi connectivity index (χ1v) is 10.7. The average molecular weight is 435 g/mol. The second-order valence-corrected chi connectivity index (χ2v) is 8.39. The van der Waals surface area contributed by atoms with Gasteiger partial charge in [-0.2, -0.15) is 0 Å². The molecule has 2 aromatic carbocycles. The molecular weight excluding hydrogens is 410 g/mol. The summed E-state index contributed by atoms with van der Waals surface area (Å²) >= 11 is 0. The number of fused-ring (bicyclic) bond motifs is 1. The van der Waals surface area contributed by atoms with Gasteiger partial charge in [0.2, 0.25) is 0 Å². The molecule has 0 aliphatic carbocycles. The van der Waals surface area contributed by atoms with Gasteiger partial charge in [0.05, 0.1) is 16.7 Å². The molecular formula is C24H25N3O5. The number of nitrogens with one attached hydrogen (secondary N) is 1. The number of likely N-dealkylation sites (tertiary alicyclic amines) is 1. The van der Waals surface area contributed by atoms with Crippen LogP contribution in [0.5, 0.6) is 5.75 Å². The Hall–Kier alpha value is -3.68. The monoisotopic (exact) mass is 435 g/mol. The maximum atomic E-state index is 13.0. The number of nitrogens with zero attached hydrogens (tertiary/aromatic N) is 2. The SMILES string of the molecule is CC(C)N1C(=O)c2ccc(C(=O)N3CCC(NC(=O)c4ccccc4O)CC3)cc2C1=O. The summed E-state index contributed by atoms with van der Waals surface area (Å²) < 4.78 is 0. The van der Waals surface area contributed by atoms with Gasteiger partial charge >= 0.3 is 0 Å². The molecule has 0 aromatic heterocycles. The van der Waals surface area contributed by atoms with E-state index in [0.717, 1.165) is 0 Å². The van der Waals surface area contributed by atoms with Gasteiger partial charge in [-0.3, -0.25) is 24.1 Å². The van der Waals surface area contributed by atoms with E-state index in [9.17, 15) is 24.3 Å². The standard InChI is InChI=1S/C24H25N3O5/c1-14(2)27-23(31)17-8-7-15(13-19(17)24(27)32)22(30)26-11-9-16(10-12-26)25-21(29)18-5-3-4-6-20(18)28/h3-8,13-14,16,28H,9-12H2,1-2H3,(H,25,29). The highest BCUT2D eigenvalue weighted by Crippen LogP contribution is 2.27. The van der Waals surface area contributed by atoms with E-state index in [1.165, 1.54) is 17.0 Å². The summed E-state index contributed by atoms with van der Waals surface area (Å²) in [4.78, 5) is 53.3. The minimum absolute atomic E-state index is 0.0710. The number of carbonyl (C=O) groups is 4. The predicted molar refractivity (Wildman–Crippen MR) is 117 cm³/mol. The number of phenols is 1. The molecule has 4 rings (SSSR count). The molecule has 1 fully saturated rings. The fourth-order valence-electron chi connectivity index (χ4n) is 4.20. The molecule has 2 heterocycles. The van der Waals surface area contributed by atoms with Crippen molar-refractivity contribution in [2.75, 3.05) is 13.1 Å². The fourth-order valence-corrected chi connectivity index (χ4v) is 4.20. The van der Waals surface area contributed by atoms with Crippen LogP contribution in [0.4, 0.5) is 0 Å². The predicted octanol–water partition coefficient (Wildman–Crippen LogP) is 2.43. The number of rotatable bonds is 4. The van der Waals surface area contributed by atoms with Crippen LogP contribution >= 0.6 is 0 Å². The number of benzene rings is 2. The fraction of sp³-hybridized carbons (Fsp3) is 0.333. The molecule has 2 aliphatic heterocycles. The molecule has 2 aromatic rings. The molecule has 4 amide bonds. The molecule has 0 spiro atoms. The Kier molecular flexibility index (Phi) is 5.69. The lowest BCUT2D eigenvalue weighted by atomic mass is 10.0. The van der Waals surface area contributed by atoms with E-state index < -0.39 is 0 Å². The highest BCUT2D eigenvalue weighted by Gasteiger charge is 2.38. The topological polar surface area (TPSA) is 107 Å². The number of imide groups is 1. The summed E-state index contributed by atoms with van der Waals surface area (Å²) in [6.45, 7) is 4.45. The van der Waals surface area contributed by atoms with E-state index in [-0.39, 0.29) is 52.6 Å². The van der Waals surface area contributed by atoms with Gasteiger partial charge in [-0.25, -0.2) is 0 Å². The van der Waals surface area contributed by atoms with Crippen LogP contribution in [-0.4, -0.2) is 63.7 Å². The Bertz CT molecular complexity index is 1100. The van der Waals surface area contributed by atoms with Crippen molar-refractivity contribution >= 4 is 23.6 Å². The lowest BCUT2D eigenvalue weighted by Gasteiger charge is -2.32. The first-order chi connectivity index (χ1) is 15.3. The first kappa shape index (κ1) is 21.5. The molecule has 0 atom stereocenters. The molecule has 8 nitrogen and oxygen atoms in total. The zero-order valence-electron chi connectivity index (χ0n) is 18.0. The minimum atomic E-state index is -0.375. The second kappa shape index (κ2) is 8.45. The number of carbonyl (C=O) groups excluding carboxylic acids is 4. The Morgan fingerprint density at radius 3 is 2.31 bits per heavy atom. The van der Waals surface area contributed by atoms with E-state index in [1.807, 2.05) is 0 Å². The van der Waals surface area contributed by atoms with Crippen molar-refractivity contribution in [2.45, 2.75) is 38.8 Å². The first-order valence-electron chi connectivity index (χ1n) is 10.7. The molecule has 0 saturated carbocycles. The minimum Gasteiger partial charge on any atom is -0.507 e. The number of amides is 4. The summed E-state index contributed by atoms with van der Waals surface area (Å²) in [5, 5.41) is 12.7. The van der Waals surface area contributed by atoms with Crippen LogP contribution in [0.3, 0.4) is 0 Å². The number of hydrogen-bond donors (Lipinski definition) is 2. The average Bonchev–Trinajstić information content (AvgIpc) is 3.03. The third-order valence-corrected chi connectivity index (χ3v) is 5.95. The molecule has 1 saturated heterocycles. The lowest BCUT2D eigenvalue weighted by Crippen LogP contribution is -2.46. The van der Waals surface area contributed by atoms with Crippen molar-refractivity contribution in [1.82, 2.24) is 15.1 Å². The normalized spacial score (nSPS) is 16.5. The number of phenolic OH excluding ortho intramolecular Hbond substituents is 1. The van der Waals surface area contributed by atoms with Crippen molar-refractivity contribution in [1.29, 1.82) is 0 Å². The number of hydrogen-bond acceptors (Lipinski definition) is 5. The highest BCUT2D eigenvalue weighted by atomic mass is 16.3. The Balaban J connectivity index is 1.39. The summed E-state index contributed by atoms with van der Waals surface area (Å²) in [5.41, 5.74) is 1.18. The summed E-state index contributed by atoms with van der Waals surface area (Å²) in [6.07, 6.45) is 1.16. The van der Waals surface area contributed by atoms with Gasteiger partial charge in [-0.05, 0) is 57.0 Å². The summed E-state index contributed by atoms with van der Waals surface area (Å²) in [6, 6.07) is 10.6. The molecule has 8 heteroatoms. The third-order valence-electron chi connectivity index (χ3n) is 5.95. The van der Waals surface area contributed by atoms with Gasteiger partial charge in [-0.1, -0.05) is 12.1 Å². The van der Waals surface area contributed by atoms with Crippen LogP contribution < -0.4 is 5.32 Å². The van der Waals surface area contributed by atoms with Crippen LogP contribution in [-0.2, 0) is 0 Å². The van der Waals surface area contributed by atoms with E-state index in [1.54, 1.807) is 49.1 Å². The molecule has 0 radical (unpaired) electrons. The van der Waals surface area contributed by atoms with Gasteiger partial charge in [0, 0.05) is 30.7 Å². The zero-order chi connectivity index (χ0) is 23.0. The van der Waals surface area contributed by atoms with E-state index in [4.69, 9.17) is 0 Å². The van der Waals surface area contributed by atoms with Crippen LogP contribution in [0, 0.1) is 0 Å². The van der Waals surface area contributed by atoms with Crippen molar-refractivity contribution in [3.63, 3.8) is 0 Å².